The maximum Gasteiger partial charge on any atom is 0.272 e. The van der Waals surface area contributed by atoms with Crippen molar-refractivity contribution in [2.24, 2.45) is 0 Å². The lowest BCUT2D eigenvalue weighted by Gasteiger charge is -2.21. The lowest BCUT2D eigenvalue weighted by Crippen LogP contribution is -2.29. The number of aromatic nitrogens is 2. The lowest BCUT2D eigenvalue weighted by molar-refractivity contribution is 0.588. The van der Waals surface area contributed by atoms with Crippen LogP contribution in [-0.4, -0.2) is 20.5 Å². The summed E-state index contributed by atoms with van der Waals surface area (Å²) in [7, 11) is 0. The van der Waals surface area contributed by atoms with E-state index >= 15 is 0 Å². The molecule has 82 valence electrons. The molecular weight excluding hydrogens is 212 g/mol. The average Bonchev–Trinajstić information content (AvgIpc) is 2.19. The van der Waals surface area contributed by atoms with Crippen molar-refractivity contribution in [2.75, 3.05) is 5.75 Å². The highest BCUT2D eigenvalue weighted by Gasteiger charge is 2.25. The number of hydrogen-bond donors (Lipinski definition) is 1. The summed E-state index contributed by atoms with van der Waals surface area (Å²) in [5, 5.41) is 6.57. The number of nitrogens with zero attached hydrogens (tertiary/aromatic N) is 1. The first-order valence-electron chi connectivity index (χ1n) is 5.05. The maximum absolute atomic E-state index is 11.5. The summed E-state index contributed by atoms with van der Waals surface area (Å²) in [5.41, 5.74) is 2.47. The number of fused-ring (bicyclic) bond motifs is 1. The van der Waals surface area contributed by atoms with Crippen molar-refractivity contribution in [1.29, 1.82) is 0 Å². The molecule has 1 atom stereocenters. The summed E-state index contributed by atoms with van der Waals surface area (Å²) in [4.78, 5) is 11.5. The Morgan fingerprint density at radius 1 is 1.47 bits per heavy atom. The molecule has 0 fully saturated rings. The molecule has 2 heterocycles. The van der Waals surface area contributed by atoms with Crippen molar-refractivity contribution in [3.63, 3.8) is 0 Å². The van der Waals surface area contributed by atoms with Crippen molar-refractivity contribution in [3.05, 3.63) is 27.2 Å². The van der Waals surface area contributed by atoms with Crippen LogP contribution in [0.2, 0.25) is 0 Å². The van der Waals surface area contributed by atoms with E-state index in [4.69, 9.17) is 0 Å². The van der Waals surface area contributed by atoms with Gasteiger partial charge in [-0.25, -0.2) is 5.10 Å². The molecule has 5 heteroatoms. The predicted octanol–water partition coefficient (Wildman–Crippen LogP) is 0.698. The fourth-order valence-corrected chi connectivity index (χ4v) is 3.10. The van der Waals surface area contributed by atoms with Crippen LogP contribution < -0.4 is 5.56 Å². The van der Waals surface area contributed by atoms with Gasteiger partial charge < -0.3 is 4.55 Å². The third kappa shape index (κ3) is 1.94. The van der Waals surface area contributed by atoms with Gasteiger partial charge in [-0.2, -0.15) is 5.10 Å². The second-order valence-corrected chi connectivity index (χ2v) is 5.66. The number of rotatable bonds is 1. The van der Waals surface area contributed by atoms with E-state index in [9.17, 15) is 9.35 Å². The minimum Gasteiger partial charge on any atom is -0.616 e. The molecule has 2 rings (SSSR count). The molecular formula is C10H14N2O2S. The van der Waals surface area contributed by atoms with Gasteiger partial charge in [-0.15, -0.1) is 0 Å². The Bertz CT molecular complexity index is 428. The van der Waals surface area contributed by atoms with Crippen LogP contribution in [0.15, 0.2) is 4.79 Å². The summed E-state index contributed by atoms with van der Waals surface area (Å²) in [6.07, 6.45) is 0.715. The summed E-state index contributed by atoms with van der Waals surface area (Å²) in [5.74, 6) is 1.33. The van der Waals surface area contributed by atoms with E-state index in [2.05, 4.69) is 10.2 Å². The van der Waals surface area contributed by atoms with E-state index < -0.39 is 11.2 Å². The quantitative estimate of drug-likeness (QED) is 0.717. The summed E-state index contributed by atoms with van der Waals surface area (Å²) < 4.78 is 11.4. The molecule has 1 aromatic heterocycles. The van der Waals surface area contributed by atoms with Crippen molar-refractivity contribution < 1.29 is 4.55 Å². The molecule has 0 saturated heterocycles. The molecule has 0 aromatic carbocycles. The van der Waals surface area contributed by atoms with Gasteiger partial charge in [0.1, 0.15) is 11.5 Å². The van der Waals surface area contributed by atoms with Gasteiger partial charge in [0.05, 0.1) is 11.3 Å². The SMILES string of the molecule is CC(C)c1n[nH]c(=O)c2c1CC[S+]([O-])C2. The standard InChI is InChI=1S/C10H14N2O2S/c1-6(2)9-7-3-4-15(14)5-8(7)10(13)12-11-9/h6H,3-5H2,1-2H3,(H,12,13). The van der Waals surface area contributed by atoms with E-state index in [1.165, 1.54) is 0 Å². The van der Waals surface area contributed by atoms with Crippen LogP contribution in [0.1, 0.15) is 36.6 Å². The van der Waals surface area contributed by atoms with Crippen molar-refractivity contribution in [2.45, 2.75) is 31.9 Å². The lowest BCUT2D eigenvalue weighted by atomic mass is 9.99. The molecule has 0 amide bonds. The van der Waals surface area contributed by atoms with Gasteiger partial charge in [-0.1, -0.05) is 13.8 Å². The number of hydrogen-bond acceptors (Lipinski definition) is 3. The first-order valence-corrected chi connectivity index (χ1v) is 6.53. The highest BCUT2D eigenvalue weighted by molar-refractivity contribution is 7.90. The van der Waals surface area contributed by atoms with E-state index in [0.717, 1.165) is 11.3 Å². The zero-order valence-corrected chi connectivity index (χ0v) is 9.69. The van der Waals surface area contributed by atoms with Crippen LogP contribution in [0.3, 0.4) is 0 Å². The van der Waals surface area contributed by atoms with E-state index in [0.29, 0.717) is 29.4 Å². The van der Waals surface area contributed by atoms with Crippen molar-refractivity contribution >= 4 is 11.2 Å². The smallest absolute Gasteiger partial charge is 0.272 e. The van der Waals surface area contributed by atoms with Gasteiger partial charge >= 0.3 is 0 Å². The largest absolute Gasteiger partial charge is 0.616 e. The van der Waals surface area contributed by atoms with Crippen molar-refractivity contribution in [1.82, 2.24) is 10.2 Å². The van der Waals surface area contributed by atoms with Crippen LogP contribution >= 0.6 is 0 Å². The molecule has 1 aliphatic rings. The Morgan fingerprint density at radius 3 is 2.87 bits per heavy atom. The third-order valence-electron chi connectivity index (χ3n) is 2.66. The summed E-state index contributed by atoms with van der Waals surface area (Å²) >= 11 is -0.881. The van der Waals surface area contributed by atoms with Crippen LogP contribution in [0.5, 0.6) is 0 Å². The fourth-order valence-electron chi connectivity index (χ4n) is 1.90. The van der Waals surface area contributed by atoms with Gasteiger partial charge in [-0.3, -0.25) is 4.79 Å². The molecule has 0 saturated carbocycles. The minimum absolute atomic E-state index is 0.178. The second-order valence-electron chi connectivity index (χ2n) is 4.09. The van der Waals surface area contributed by atoms with Crippen LogP contribution in [0, 0.1) is 0 Å². The molecule has 1 aliphatic heterocycles. The van der Waals surface area contributed by atoms with E-state index in [1.54, 1.807) is 0 Å². The van der Waals surface area contributed by atoms with Crippen LogP contribution in [0.25, 0.3) is 0 Å². The van der Waals surface area contributed by atoms with Gasteiger partial charge in [-0.05, 0) is 22.7 Å². The van der Waals surface area contributed by atoms with Gasteiger partial charge in [0.15, 0.2) is 0 Å². The molecule has 0 spiro atoms. The van der Waals surface area contributed by atoms with E-state index in [-0.39, 0.29) is 5.56 Å². The molecule has 1 unspecified atom stereocenters. The molecule has 15 heavy (non-hydrogen) atoms. The first-order chi connectivity index (χ1) is 7.09. The Hall–Kier alpha value is -0.810. The first kappa shape index (κ1) is 10.7. The second kappa shape index (κ2) is 3.98. The fraction of sp³-hybridized carbons (Fsp3) is 0.600. The summed E-state index contributed by atoms with van der Waals surface area (Å²) in [6, 6.07) is 0. The Balaban J connectivity index is 2.55. The van der Waals surface area contributed by atoms with Crippen LogP contribution in [-0.2, 0) is 23.3 Å². The highest BCUT2D eigenvalue weighted by Crippen LogP contribution is 2.23. The predicted molar refractivity (Wildman–Crippen MR) is 59.4 cm³/mol. The highest BCUT2D eigenvalue weighted by atomic mass is 32.2. The maximum atomic E-state index is 11.5. The van der Waals surface area contributed by atoms with Crippen molar-refractivity contribution in [3.8, 4) is 0 Å². The molecule has 0 aliphatic carbocycles. The van der Waals surface area contributed by atoms with Gasteiger partial charge in [0.25, 0.3) is 5.56 Å². The number of H-pyrrole nitrogens is 1. The van der Waals surface area contributed by atoms with Gasteiger partial charge in [0, 0.05) is 6.42 Å². The topological polar surface area (TPSA) is 68.8 Å². The minimum atomic E-state index is -0.881. The van der Waals surface area contributed by atoms with Crippen LogP contribution in [0.4, 0.5) is 0 Å². The molecule has 4 nitrogen and oxygen atoms in total. The average molecular weight is 226 g/mol. The van der Waals surface area contributed by atoms with Gasteiger partial charge in [0.2, 0.25) is 0 Å². The Labute approximate surface area is 91.3 Å². The normalized spacial score (nSPS) is 20.4. The summed E-state index contributed by atoms with van der Waals surface area (Å²) in [6.45, 7) is 4.10. The Morgan fingerprint density at radius 2 is 2.20 bits per heavy atom. The molecule has 1 N–H and O–H groups in total. The number of nitrogens with one attached hydrogen (secondary N) is 1. The van der Waals surface area contributed by atoms with E-state index in [1.807, 2.05) is 13.8 Å². The number of aromatic amines is 1. The molecule has 0 radical (unpaired) electrons. The zero-order valence-electron chi connectivity index (χ0n) is 8.87. The third-order valence-corrected chi connectivity index (χ3v) is 3.93. The molecule has 0 bridgehead atoms. The molecule has 1 aromatic rings. The Kier molecular flexibility index (Phi) is 2.84. The monoisotopic (exact) mass is 226 g/mol. The zero-order chi connectivity index (χ0) is 11.0.